The Morgan fingerprint density at radius 1 is 1.21 bits per heavy atom. The van der Waals surface area contributed by atoms with Crippen molar-refractivity contribution in [3.8, 4) is 0 Å². The average molecular weight is 540 g/mol. The molecule has 1 aliphatic carbocycles. The highest BCUT2D eigenvalue weighted by molar-refractivity contribution is 9.10. The molecule has 5 nitrogen and oxygen atoms in total. The van der Waals surface area contributed by atoms with Crippen LogP contribution in [0.5, 0.6) is 0 Å². The Hall–Kier alpha value is -2.84. The first-order chi connectivity index (χ1) is 16.1. The van der Waals surface area contributed by atoms with Crippen LogP contribution in [0.15, 0.2) is 69.5 Å². The first-order valence-corrected chi connectivity index (χ1v) is 12.6. The van der Waals surface area contributed by atoms with E-state index in [1.807, 2.05) is 25.1 Å². The molecule has 1 aromatic heterocycles. The van der Waals surface area contributed by atoms with E-state index in [4.69, 9.17) is 0 Å². The number of carbonyl (C=O) groups excluding carboxylic acids is 2. The van der Waals surface area contributed by atoms with E-state index in [0.717, 1.165) is 20.4 Å². The number of fused-ring (bicyclic) bond motifs is 1. The Bertz CT molecular complexity index is 1410. The van der Waals surface area contributed by atoms with Gasteiger partial charge in [-0.15, -0.1) is 0 Å². The van der Waals surface area contributed by atoms with Crippen molar-refractivity contribution in [3.05, 3.63) is 80.9 Å². The molecule has 1 aliphatic heterocycles. The topological polar surface area (TPSA) is 71.1 Å². The second-order valence-electron chi connectivity index (χ2n) is 9.57. The van der Waals surface area contributed by atoms with E-state index in [0.29, 0.717) is 40.4 Å². The number of halogens is 2. The molecular formula is C26H23BrFN3O2S. The van der Waals surface area contributed by atoms with Crippen LogP contribution in [0.2, 0.25) is 0 Å². The van der Waals surface area contributed by atoms with Gasteiger partial charge in [0.05, 0.1) is 10.2 Å². The molecule has 5 rings (SSSR count). The number of nitrogens with zero attached hydrogens (tertiary/aromatic N) is 1. The number of carbonyl (C=O) groups is 2. The standard InChI is InChI=1S/C26H23BrFN3O2S/c1-13-21(24(33)31-25-30-17-9-6-15(27)10-20(17)34-25)22(14-4-7-16(28)8-5-14)23-18(29-13)11-26(2,3)12-19(23)32/h4-10,22,29H,11-12H2,1-3H3,(H,30,31,33)/t22-/m0/s1. The number of hydrogen-bond acceptors (Lipinski definition) is 5. The zero-order valence-electron chi connectivity index (χ0n) is 19.0. The number of thiazole rings is 1. The van der Waals surface area contributed by atoms with Gasteiger partial charge in [-0.1, -0.05) is 53.2 Å². The van der Waals surface area contributed by atoms with E-state index in [1.165, 1.54) is 23.5 Å². The SMILES string of the molecule is CC1=C(C(=O)Nc2nc3ccc(Br)cc3s2)[C@H](c2ccc(F)cc2)C2=C(CC(C)(C)CC2=O)N1. The first-order valence-electron chi connectivity index (χ1n) is 11.0. The van der Waals surface area contributed by atoms with Gasteiger partial charge < -0.3 is 5.32 Å². The largest absolute Gasteiger partial charge is 0.362 e. The Labute approximate surface area is 209 Å². The van der Waals surface area contributed by atoms with Crippen molar-refractivity contribution < 1.29 is 14.0 Å². The number of ketones is 1. The molecule has 174 valence electrons. The molecule has 0 fully saturated rings. The predicted octanol–water partition coefficient (Wildman–Crippen LogP) is 6.44. The summed E-state index contributed by atoms with van der Waals surface area (Å²) in [6, 6.07) is 11.8. The van der Waals surface area contributed by atoms with Gasteiger partial charge in [-0.2, -0.15) is 0 Å². The highest BCUT2D eigenvalue weighted by Gasteiger charge is 2.42. The van der Waals surface area contributed by atoms with Crippen LogP contribution in [0.4, 0.5) is 9.52 Å². The van der Waals surface area contributed by atoms with Gasteiger partial charge >= 0.3 is 0 Å². The van der Waals surface area contributed by atoms with Crippen molar-refractivity contribution in [3.63, 3.8) is 0 Å². The van der Waals surface area contributed by atoms with Crippen molar-refractivity contribution >= 4 is 54.3 Å². The summed E-state index contributed by atoms with van der Waals surface area (Å²) in [5.74, 6) is -1.27. The number of rotatable bonds is 3. The third-order valence-electron chi connectivity index (χ3n) is 6.26. The van der Waals surface area contributed by atoms with Crippen LogP contribution in [0.25, 0.3) is 10.2 Å². The van der Waals surface area contributed by atoms with Gasteiger partial charge in [0.1, 0.15) is 5.82 Å². The van der Waals surface area contributed by atoms with Gasteiger partial charge in [-0.05, 0) is 54.7 Å². The van der Waals surface area contributed by atoms with Gasteiger partial charge in [0.2, 0.25) is 0 Å². The van der Waals surface area contributed by atoms with Crippen molar-refractivity contribution in [2.75, 3.05) is 5.32 Å². The molecule has 1 amide bonds. The minimum atomic E-state index is -0.580. The minimum Gasteiger partial charge on any atom is -0.362 e. The molecule has 0 saturated heterocycles. The molecule has 0 spiro atoms. The fraction of sp³-hybridized carbons (Fsp3) is 0.269. The monoisotopic (exact) mass is 539 g/mol. The number of dihydropyridines is 1. The maximum Gasteiger partial charge on any atom is 0.256 e. The number of amides is 1. The summed E-state index contributed by atoms with van der Waals surface area (Å²) < 4.78 is 15.6. The quantitative estimate of drug-likeness (QED) is 0.401. The predicted molar refractivity (Wildman–Crippen MR) is 136 cm³/mol. The highest BCUT2D eigenvalue weighted by Crippen LogP contribution is 2.46. The number of Topliss-reactive ketones (excluding diaryl/α,β-unsaturated/α-hetero) is 1. The normalized spacial score (nSPS) is 19.8. The third kappa shape index (κ3) is 4.20. The van der Waals surface area contributed by atoms with Gasteiger partial charge in [0, 0.05) is 39.4 Å². The van der Waals surface area contributed by atoms with Crippen LogP contribution in [-0.4, -0.2) is 16.7 Å². The molecule has 3 aromatic rings. The molecule has 34 heavy (non-hydrogen) atoms. The Balaban J connectivity index is 1.57. The Morgan fingerprint density at radius 3 is 2.68 bits per heavy atom. The third-order valence-corrected chi connectivity index (χ3v) is 7.69. The van der Waals surface area contributed by atoms with Crippen LogP contribution in [0, 0.1) is 11.2 Å². The molecule has 2 aromatic carbocycles. The van der Waals surface area contributed by atoms with E-state index < -0.39 is 5.92 Å². The number of benzene rings is 2. The molecule has 0 radical (unpaired) electrons. The summed E-state index contributed by atoms with van der Waals surface area (Å²) in [5, 5.41) is 6.76. The Kier molecular flexibility index (Phi) is 5.68. The number of nitrogens with one attached hydrogen (secondary N) is 2. The maximum atomic E-state index is 13.7. The van der Waals surface area contributed by atoms with Crippen molar-refractivity contribution in [2.45, 2.75) is 39.5 Å². The van der Waals surface area contributed by atoms with Gasteiger partial charge in [-0.3, -0.25) is 14.9 Å². The van der Waals surface area contributed by atoms with E-state index in [9.17, 15) is 14.0 Å². The Morgan fingerprint density at radius 2 is 1.94 bits per heavy atom. The number of anilines is 1. The van der Waals surface area contributed by atoms with Crippen LogP contribution in [0.1, 0.15) is 45.1 Å². The highest BCUT2D eigenvalue weighted by atomic mass is 79.9. The molecule has 0 unspecified atom stereocenters. The second kappa shape index (κ2) is 8.43. The molecule has 0 saturated carbocycles. The van der Waals surface area contributed by atoms with E-state index in [1.54, 1.807) is 12.1 Å². The van der Waals surface area contributed by atoms with Crippen molar-refractivity contribution in [1.29, 1.82) is 0 Å². The smallest absolute Gasteiger partial charge is 0.256 e. The molecule has 2 N–H and O–H groups in total. The van der Waals surface area contributed by atoms with Crippen LogP contribution >= 0.6 is 27.3 Å². The summed E-state index contributed by atoms with van der Waals surface area (Å²) in [4.78, 5) is 31.5. The number of hydrogen-bond donors (Lipinski definition) is 2. The van der Waals surface area contributed by atoms with Crippen LogP contribution < -0.4 is 10.6 Å². The average Bonchev–Trinajstić information content (AvgIpc) is 3.13. The fourth-order valence-corrected chi connectivity index (χ4v) is 6.25. The lowest BCUT2D eigenvalue weighted by molar-refractivity contribution is -0.118. The summed E-state index contributed by atoms with van der Waals surface area (Å²) in [6.07, 6.45) is 1.09. The van der Waals surface area contributed by atoms with Gasteiger partial charge in [0.15, 0.2) is 10.9 Å². The van der Waals surface area contributed by atoms with E-state index in [-0.39, 0.29) is 22.9 Å². The molecular weight excluding hydrogens is 517 g/mol. The number of aromatic nitrogens is 1. The lowest BCUT2D eigenvalue weighted by Crippen LogP contribution is -2.39. The second-order valence-corrected chi connectivity index (χ2v) is 11.5. The van der Waals surface area contributed by atoms with Crippen molar-refractivity contribution in [2.24, 2.45) is 5.41 Å². The van der Waals surface area contributed by atoms with Crippen LogP contribution in [-0.2, 0) is 9.59 Å². The summed E-state index contributed by atoms with van der Waals surface area (Å²) in [5.41, 5.74) is 3.89. The zero-order chi connectivity index (χ0) is 24.2. The molecule has 2 heterocycles. The number of allylic oxidation sites excluding steroid dienone is 3. The molecule has 1 atom stereocenters. The van der Waals surface area contributed by atoms with Gasteiger partial charge in [0.25, 0.3) is 5.91 Å². The summed E-state index contributed by atoms with van der Waals surface area (Å²) in [7, 11) is 0. The first kappa shape index (κ1) is 22.9. The van der Waals surface area contributed by atoms with Gasteiger partial charge in [-0.25, -0.2) is 9.37 Å². The van der Waals surface area contributed by atoms with E-state index >= 15 is 0 Å². The lowest BCUT2D eigenvalue weighted by atomic mass is 9.68. The maximum absolute atomic E-state index is 13.7. The fourth-order valence-electron chi connectivity index (χ4n) is 4.84. The summed E-state index contributed by atoms with van der Waals surface area (Å²) in [6.45, 7) is 5.97. The van der Waals surface area contributed by atoms with E-state index in [2.05, 4.69) is 45.4 Å². The lowest BCUT2D eigenvalue weighted by Gasteiger charge is -2.39. The zero-order valence-corrected chi connectivity index (χ0v) is 21.4. The molecule has 0 bridgehead atoms. The minimum absolute atomic E-state index is 0.00992. The van der Waals surface area contributed by atoms with Crippen molar-refractivity contribution in [1.82, 2.24) is 10.3 Å². The molecule has 8 heteroatoms. The summed E-state index contributed by atoms with van der Waals surface area (Å²) >= 11 is 4.84. The molecule has 2 aliphatic rings. The van der Waals surface area contributed by atoms with Crippen LogP contribution in [0.3, 0.4) is 0 Å².